The van der Waals surface area contributed by atoms with Crippen LogP contribution in [0.25, 0.3) is 10.9 Å². The van der Waals surface area contributed by atoms with Gasteiger partial charge in [0.1, 0.15) is 0 Å². The summed E-state index contributed by atoms with van der Waals surface area (Å²) in [7, 11) is 0. The molecule has 0 atom stereocenters. The van der Waals surface area contributed by atoms with Crippen LogP contribution in [0.1, 0.15) is 11.3 Å². The molecule has 1 nitrogen and oxygen atoms in total. The lowest BCUT2D eigenvalue weighted by Crippen LogP contribution is -2.08. The van der Waals surface area contributed by atoms with Gasteiger partial charge in [-0.05, 0) is 19.1 Å². The first-order valence-electron chi connectivity index (χ1n) is 4.42. The molecule has 2 rings (SSSR count). The second-order valence-corrected chi connectivity index (χ2v) is 3.31. The van der Waals surface area contributed by atoms with Crippen LogP contribution in [0.4, 0.5) is 13.2 Å². The first kappa shape index (κ1) is 9.96. The number of pyridine rings is 1. The van der Waals surface area contributed by atoms with Crippen molar-refractivity contribution in [1.82, 2.24) is 4.98 Å². The minimum absolute atomic E-state index is 0.0150. The number of aromatic nitrogens is 1. The summed E-state index contributed by atoms with van der Waals surface area (Å²) >= 11 is 0. The maximum atomic E-state index is 12.5. The van der Waals surface area contributed by atoms with E-state index in [-0.39, 0.29) is 5.69 Å². The normalized spacial score (nSPS) is 12.0. The van der Waals surface area contributed by atoms with Crippen LogP contribution in [0.5, 0.6) is 0 Å². The topological polar surface area (TPSA) is 12.9 Å². The van der Waals surface area contributed by atoms with Gasteiger partial charge in [0.2, 0.25) is 0 Å². The van der Waals surface area contributed by atoms with E-state index >= 15 is 0 Å². The van der Waals surface area contributed by atoms with Crippen LogP contribution in [0.2, 0.25) is 0 Å². The highest BCUT2D eigenvalue weighted by Gasteiger charge is 2.33. The van der Waals surface area contributed by atoms with E-state index in [1.165, 1.54) is 6.92 Å². The van der Waals surface area contributed by atoms with E-state index < -0.39 is 11.7 Å². The number of nitrogens with zero attached hydrogens (tertiary/aromatic N) is 1. The molecule has 0 unspecified atom stereocenters. The van der Waals surface area contributed by atoms with E-state index in [2.05, 4.69) is 4.98 Å². The van der Waals surface area contributed by atoms with Crippen molar-refractivity contribution < 1.29 is 13.2 Å². The lowest BCUT2D eigenvalue weighted by Gasteiger charge is -2.10. The van der Waals surface area contributed by atoms with Crippen molar-refractivity contribution in [3.05, 3.63) is 41.6 Å². The van der Waals surface area contributed by atoms with E-state index in [1.54, 1.807) is 24.3 Å². The number of alkyl halides is 3. The first-order valence-corrected chi connectivity index (χ1v) is 4.42. The third kappa shape index (κ3) is 1.79. The summed E-state index contributed by atoms with van der Waals surface area (Å²) < 4.78 is 37.6. The number of aryl methyl sites for hydroxylation is 1. The number of para-hydroxylation sites is 1. The summed E-state index contributed by atoms with van der Waals surface area (Å²) in [5.74, 6) is 0. The third-order valence-corrected chi connectivity index (χ3v) is 2.22. The van der Waals surface area contributed by atoms with Crippen molar-refractivity contribution in [3.8, 4) is 0 Å². The van der Waals surface area contributed by atoms with Crippen molar-refractivity contribution >= 4 is 10.9 Å². The molecule has 0 radical (unpaired) electrons. The molecule has 4 heteroatoms. The number of rotatable bonds is 0. The van der Waals surface area contributed by atoms with Gasteiger partial charge in [0.05, 0.1) is 16.8 Å². The largest absolute Gasteiger partial charge is 0.418 e. The zero-order valence-electron chi connectivity index (χ0n) is 7.97. The molecule has 0 N–H and O–H groups in total. The van der Waals surface area contributed by atoms with Crippen molar-refractivity contribution in [2.45, 2.75) is 13.1 Å². The summed E-state index contributed by atoms with van der Waals surface area (Å²) in [4.78, 5) is 3.92. The van der Waals surface area contributed by atoms with Crippen LogP contribution in [0, 0.1) is 6.92 Å². The molecule has 15 heavy (non-hydrogen) atoms. The Kier molecular flexibility index (Phi) is 2.14. The third-order valence-electron chi connectivity index (χ3n) is 2.22. The summed E-state index contributed by atoms with van der Waals surface area (Å²) in [5, 5.41) is 0.510. The van der Waals surface area contributed by atoms with E-state index in [0.717, 1.165) is 6.07 Å². The molecule has 1 heterocycles. The summed E-state index contributed by atoms with van der Waals surface area (Å²) in [6.07, 6.45) is -4.33. The molecule has 0 saturated carbocycles. The van der Waals surface area contributed by atoms with Crippen molar-refractivity contribution in [2.75, 3.05) is 0 Å². The lowest BCUT2D eigenvalue weighted by molar-refractivity contribution is -0.138. The fourth-order valence-electron chi connectivity index (χ4n) is 1.50. The van der Waals surface area contributed by atoms with Crippen molar-refractivity contribution in [2.24, 2.45) is 0 Å². The Morgan fingerprint density at radius 3 is 2.47 bits per heavy atom. The minimum atomic E-state index is -4.33. The average molecular weight is 211 g/mol. The number of benzene rings is 1. The monoisotopic (exact) mass is 211 g/mol. The number of hydrogen-bond donors (Lipinski definition) is 0. The van der Waals surface area contributed by atoms with Gasteiger partial charge >= 0.3 is 6.18 Å². The molecular formula is C11H8F3N. The molecule has 0 aliphatic heterocycles. The van der Waals surface area contributed by atoms with Crippen LogP contribution in [0.3, 0.4) is 0 Å². The van der Waals surface area contributed by atoms with E-state index in [4.69, 9.17) is 0 Å². The highest BCUT2D eigenvalue weighted by molar-refractivity contribution is 5.79. The number of halogens is 3. The SMILES string of the molecule is Cc1nc2ccccc2cc1C(F)(F)F. The van der Waals surface area contributed by atoms with Gasteiger partial charge in [-0.1, -0.05) is 18.2 Å². The number of hydrogen-bond acceptors (Lipinski definition) is 1. The van der Waals surface area contributed by atoms with Crippen LogP contribution in [-0.2, 0) is 6.18 Å². The Labute approximate surface area is 84.6 Å². The van der Waals surface area contributed by atoms with Gasteiger partial charge in [-0.2, -0.15) is 13.2 Å². The fourth-order valence-corrected chi connectivity index (χ4v) is 1.50. The van der Waals surface area contributed by atoms with Crippen LogP contribution < -0.4 is 0 Å². The molecule has 0 spiro atoms. The molecule has 0 fully saturated rings. The Hall–Kier alpha value is -1.58. The van der Waals surface area contributed by atoms with Gasteiger partial charge in [-0.25, -0.2) is 0 Å². The first-order chi connectivity index (χ1) is 6.98. The molecular weight excluding hydrogens is 203 g/mol. The second-order valence-electron chi connectivity index (χ2n) is 3.31. The highest BCUT2D eigenvalue weighted by Crippen LogP contribution is 2.32. The predicted molar refractivity (Wildman–Crippen MR) is 51.5 cm³/mol. The fraction of sp³-hybridized carbons (Fsp3) is 0.182. The van der Waals surface area contributed by atoms with E-state index in [0.29, 0.717) is 10.9 Å². The average Bonchev–Trinajstić information content (AvgIpc) is 2.15. The minimum Gasteiger partial charge on any atom is -0.253 e. The maximum absolute atomic E-state index is 12.5. The van der Waals surface area contributed by atoms with Gasteiger partial charge in [0, 0.05) is 5.39 Å². The second kappa shape index (κ2) is 3.22. The molecule has 0 amide bonds. The predicted octanol–water partition coefficient (Wildman–Crippen LogP) is 3.56. The molecule has 0 aliphatic carbocycles. The molecule has 0 aliphatic rings. The van der Waals surface area contributed by atoms with Crippen LogP contribution >= 0.6 is 0 Å². The molecule has 0 saturated heterocycles. The lowest BCUT2D eigenvalue weighted by atomic mass is 10.1. The zero-order chi connectivity index (χ0) is 11.1. The molecule has 1 aromatic heterocycles. The van der Waals surface area contributed by atoms with Gasteiger partial charge < -0.3 is 0 Å². The smallest absolute Gasteiger partial charge is 0.253 e. The van der Waals surface area contributed by atoms with Crippen molar-refractivity contribution in [3.63, 3.8) is 0 Å². The quantitative estimate of drug-likeness (QED) is 0.649. The maximum Gasteiger partial charge on any atom is 0.418 e. The molecule has 1 aromatic carbocycles. The Morgan fingerprint density at radius 1 is 1.13 bits per heavy atom. The van der Waals surface area contributed by atoms with E-state index in [1.807, 2.05) is 0 Å². The van der Waals surface area contributed by atoms with Gasteiger partial charge in [-0.3, -0.25) is 4.98 Å². The van der Waals surface area contributed by atoms with Gasteiger partial charge in [0.25, 0.3) is 0 Å². The van der Waals surface area contributed by atoms with E-state index in [9.17, 15) is 13.2 Å². The molecule has 0 bridgehead atoms. The molecule has 78 valence electrons. The summed E-state index contributed by atoms with van der Waals surface area (Å²) in [5.41, 5.74) is -0.0644. The van der Waals surface area contributed by atoms with Gasteiger partial charge in [0.15, 0.2) is 0 Å². The number of fused-ring (bicyclic) bond motifs is 1. The Morgan fingerprint density at radius 2 is 1.80 bits per heavy atom. The van der Waals surface area contributed by atoms with Crippen molar-refractivity contribution in [1.29, 1.82) is 0 Å². The summed E-state index contributed by atoms with van der Waals surface area (Å²) in [6.45, 7) is 1.37. The highest BCUT2D eigenvalue weighted by atomic mass is 19.4. The summed E-state index contributed by atoms with van der Waals surface area (Å²) in [6, 6.07) is 7.90. The molecule has 2 aromatic rings. The van der Waals surface area contributed by atoms with Gasteiger partial charge in [-0.15, -0.1) is 0 Å². The Bertz CT molecular complexity index is 503. The standard InChI is InChI=1S/C11H8F3N/c1-7-9(11(12,13)14)6-8-4-2-3-5-10(8)15-7/h2-6H,1H3. The zero-order valence-corrected chi connectivity index (χ0v) is 7.97. The Balaban J connectivity index is 2.73. The van der Waals surface area contributed by atoms with Crippen LogP contribution in [0.15, 0.2) is 30.3 Å². The van der Waals surface area contributed by atoms with Crippen LogP contribution in [-0.4, -0.2) is 4.98 Å².